The van der Waals surface area contributed by atoms with E-state index >= 15 is 0 Å². The Labute approximate surface area is 146 Å². The highest BCUT2D eigenvalue weighted by atomic mass is 16.2. The third-order valence-corrected chi connectivity index (χ3v) is 3.25. The summed E-state index contributed by atoms with van der Waals surface area (Å²) in [5.74, 6) is 0.0867. The largest absolute Gasteiger partial charge is 0.328 e. The monoisotopic (exact) mass is 348 g/mol. The average molecular weight is 348 g/mol. The number of anilines is 2. The quantitative estimate of drug-likeness (QED) is 0.568. The van der Waals surface area contributed by atoms with Crippen molar-refractivity contribution in [3.05, 3.63) is 60.7 Å². The zero-order chi connectivity index (χ0) is 17.8. The van der Waals surface area contributed by atoms with Crippen LogP contribution in [0.15, 0.2) is 60.7 Å². The van der Waals surface area contributed by atoms with Crippen molar-refractivity contribution in [2.24, 2.45) is 0 Å². The van der Waals surface area contributed by atoms with Gasteiger partial charge in [-0.1, -0.05) is 46.6 Å². The van der Waals surface area contributed by atoms with Gasteiger partial charge in [-0.3, -0.25) is 10.6 Å². The molecule has 128 valence electrons. The summed E-state index contributed by atoms with van der Waals surface area (Å²) in [6.45, 7) is 0. The number of hydrogen-bond donors (Lipinski definition) is 2. The van der Waals surface area contributed by atoms with Crippen molar-refractivity contribution in [1.82, 2.24) is 40.4 Å². The van der Waals surface area contributed by atoms with Crippen LogP contribution >= 0.6 is 0 Å². The molecule has 0 saturated carbocycles. The molecule has 0 saturated heterocycles. The molecule has 4 rings (SSSR count). The molecule has 2 amide bonds. The fourth-order valence-electron chi connectivity index (χ4n) is 2.10. The molecule has 4 aromatic rings. The van der Waals surface area contributed by atoms with Crippen LogP contribution in [0.5, 0.6) is 0 Å². The molecule has 2 aromatic heterocycles. The third kappa shape index (κ3) is 3.36. The van der Waals surface area contributed by atoms with Gasteiger partial charge in [0, 0.05) is 0 Å². The summed E-state index contributed by atoms with van der Waals surface area (Å²) in [6, 6.07) is 17.8. The van der Waals surface area contributed by atoms with E-state index in [1.165, 1.54) is 9.59 Å². The predicted octanol–water partition coefficient (Wildman–Crippen LogP) is 1.28. The fraction of sp³-hybridized carbons (Fsp3) is 0. The number of benzene rings is 2. The first-order valence-corrected chi connectivity index (χ1v) is 7.57. The van der Waals surface area contributed by atoms with Crippen molar-refractivity contribution < 1.29 is 4.79 Å². The summed E-state index contributed by atoms with van der Waals surface area (Å²) in [5, 5.41) is 28.4. The smallest absolute Gasteiger partial charge is 0.273 e. The van der Waals surface area contributed by atoms with E-state index in [0.29, 0.717) is 0 Å². The second kappa shape index (κ2) is 6.76. The number of nitrogens with one attached hydrogen (secondary N) is 2. The first-order chi connectivity index (χ1) is 12.8. The molecule has 0 unspecified atom stereocenters. The predicted molar refractivity (Wildman–Crippen MR) is 90.9 cm³/mol. The second-order valence-corrected chi connectivity index (χ2v) is 5.06. The number of urea groups is 1. The molecule has 0 aliphatic heterocycles. The van der Waals surface area contributed by atoms with E-state index in [2.05, 4.69) is 41.5 Å². The lowest BCUT2D eigenvalue weighted by Crippen LogP contribution is -2.21. The summed E-state index contributed by atoms with van der Waals surface area (Å²) in [4.78, 5) is 14.6. The molecule has 11 nitrogen and oxygen atoms in total. The maximum atomic E-state index is 12.0. The molecule has 2 aromatic carbocycles. The van der Waals surface area contributed by atoms with Crippen LogP contribution in [0.3, 0.4) is 0 Å². The van der Waals surface area contributed by atoms with Crippen LogP contribution in [-0.2, 0) is 0 Å². The zero-order valence-electron chi connectivity index (χ0n) is 13.3. The van der Waals surface area contributed by atoms with E-state index < -0.39 is 6.03 Å². The van der Waals surface area contributed by atoms with Gasteiger partial charge in [0.2, 0.25) is 0 Å². The van der Waals surface area contributed by atoms with Gasteiger partial charge in [0.25, 0.3) is 11.9 Å². The first-order valence-electron chi connectivity index (χ1n) is 7.57. The number of amides is 2. The minimum Gasteiger partial charge on any atom is -0.273 e. The van der Waals surface area contributed by atoms with Crippen LogP contribution in [0.2, 0.25) is 0 Å². The van der Waals surface area contributed by atoms with Crippen molar-refractivity contribution >= 4 is 17.9 Å². The SMILES string of the molecule is O=C(Nc1nnn(-c2ccccc2)n1)Nc1nnn(-c2ccccc2)n1. The molecule has 0 atom stereocenters. The average Bonchev–Trinajstić information content (AvgIpc) is 3.33. The van der Waals surface area contributed by atoms with Crippen LogP contribution in [0, 0.1) is 0 Å². The van der Waals surface area contributed by atoms with E-state index in [1.807, 2.05) is 60.7 Å². The Morgan fingerprint density at radius 3 is 1.54 bits per heavy atom. The van der Waals surface area contributed by atoms with Gasteiger partial charge in [-0.05, 0) is 34.7 Å². The Hall–Kier alpha value is -4.15. The molecule has 11 heteroatoms. The number of nitrogens with zero attached hydrogens (tertiary/aromatic N) is 8. The van der Waals surface area contributed by atoms with Crippen LogP contribution in [0.25, 0.3) is 11.4 Å². The number of tetrazole rings is 2. The van der Waals surface area contributed by atoms with E-state index in [-0.39, 0.29) is 11.9 Å². The maximum absolute atomic E-state index is 12.0. The summed E-state index contributed by atoms with van der Waals surface area (Å²) in [7, 11) is 0. The Morgan fingerprint density at radius 2 is 1.12 bits per heavy atom. The lowest BCUT2D eigenvalue weighted by Gasteiger charge is -1.99. The van der Waals surface area contributed by atoms with Crippen molar-refractivity contribution in [1.29, 1.82) is 0 Å². The zero-order valence-corrected chi connectivity index (χ0v) is 13.3. The summed E-state index contributed by atoms with van der Waals surface area (Å²) in [5.41, 5.74) is 1.45. The number of aromatic nitrogens is 8. The van der Waals surface area contributed by atoms with Crippen LogP contribution in [0.4, 0.5) is 16.7 Å². The van der Waals surface area contributed by atoms with E-state index in [1.54, 1.807) is 0 Å². The summed E-state index contributed by atoms with van der Waals surface area (Å²) < 4.78 is 0. The van der Waals surface area contributed by atoms with Crippen molar-refractivity contribution in [2.75, 3.05) is 10.6 Å². The Kier molecular flexibility index (Phi) is 4.00. The van der Waals surface area contributed by atoms with E-state index in [9.17, 15) is 4.79 Å². The van der Waals surface area contributed by atoms with Gasteiger partial charge >= 0.3 is 6.03 Å². The highest BCUT2D eigenvalue weighted by molar-refractivity contribution is 5.97. The van der Waals surface area contributed by atoms with Gasteiger partial charge in [-0.25, -0.2) is 4.79 Å². The number of carbonyl (C=O) groups is 1. The highest BCUT2D eigenvalue weighted by Crippen LogP contribution is 2.06. The number of carbonyl (C=O) groups excluding carboxylic acids is 1. The molecule has 2 N–H and O–H groups in total. The molecular formula is C15H12N10O. The second-order valence-electron chi connectivity index (χ2n) is 5.06. The minimum absolute atomic E-state index is 0.0433. The number of rotatable bonds is 4. The number of hydrogen-bond acceptors (Lipinski definition) is 7. The van der Waals surface area contributed by atoms with Gasteiger partial charge in [-0.15, -0.1) is 19.8 Å². The number of para-hydroxylation sites is 2. The van der Waals surface area contributed by atoms with Crippen LogP contribution in [-0.4, -0.2) is 46.4 Å². The van der Waals surface area contributed by atoms with Crippen LogP contribution < -0.4 is 10.6 Å². The van der Waals surface area contributed by atoms with Gasteiger partial charge < -0.3 is 0 Å². The fourth-order valence-corrected chi connectivity index (χ4v) is 2.10. The van der Waals surface area contributed by atoms with Crippen molar-refractivity contribution in [3.63, 3.8) is 0 Å². The van der Waals surface area contributed by atoms with Crippen LogP contribution in [0.1, 0.15) is 0 Å². The standard InChI is InChI=1S/C15H12N10O/c26-15(16-13-18-22-24(20-13)11-7-3-1-4-8-11)17-14-19-23-25(21-14)12-9-5-2-6-10-12/h1-10H,(H2,16,17,20,21,26). The third-order valence-electron chi connectivity index (χ3n) is 3.25. The molecule has 0 spiro atoms. The lowest BCUT2D eigenvalue weighted by molar-refractivity contribution is 0.262. The molecule has 0 aliphatic carbocycles. The Balaban J connectivity index is 1.40. The lowest BCUT2D eigenvalue weighted by atomic mass is 10.3. The molecule has 26 heavy (non-hydrogen) atoms. The van der Waals surface area contributed by atoms with Gasteiger partial charge in [-0.2, -0.15) is 0 Å². The van der Waals surface area contributed by atoms with Crippen molar-refractivity contribution in [3.8, 4) is 11.4 Å². The van der Waals surface area contributed by atoms with E-state index in [4.69, 9.17) is 0 Å². The molecule has 0 fully saturated rings. The molecule has 0 aliphatic rings. The van der Waals surface area contributed by atoms with Gasteiger partial charge in [0.1, 0.15) is 0 Å². The van der Waals surface area contributed by atoms with Gasteiger partial charge in [0.05, 0.1) is 11.4 Å². The first kappa shape index (κ1) is 15.4. The molecular weight excluding hydrogens is 336 g/mol. The molecule has 0 radical (unpaired) electrons. The maximum Gasteiger partial charge on any atom is 0.328 e. The van der Waals surface area contributed by atoms with Crippen molar-refractivity contribution in [2.45, 2.75) is 0 Å². The summed E-state index contributed by atoms with van der Waals surface area (Å²) in [6.07, 6.45) is 0. The Bertz CT molecular complexity index is 929. The van der Waals surface area contributed by atoms with Gasteiger partial charge in [0.15, 0.2) is 0 Å². The molecule has 0 bridgehead atoms. The topological polar surface area (TPSA) is 128 Å². The Morgan fingerprint density at radius 1 is 0.692 bits per heavy atom. The summed E-state index contributed by atoms with van der Waals surface area (Å²) >= 11 is 0. The normalized spacial score (nSPS) is 10.5. The van der Waals surface area contributed by atoms with E-state index in [0.717, 1.165) is 11.4 Å². The molecule has 2 heterocycles. The highest BCUT2D eigenvalue weighted by Gasteiger charge is 2.12. The minimum atomic E-state index is -0.606.